The molecule has 1 heterocycles. The van der Waals surface area contributed by atoms with Crippen LogP contribution in [0, 0.1) is 23.3 Å². The van der Waals surface area contributed by atoms with Gasteiger partial charge in [-0.1, -0.05) is 6.42 Å². The molecule has 0 aliphatic carbocycles. The van der Waals surface area contributed by atoms with E-state index in [4.69, 9.17) is 4.55 Å². The average Bonchev–Trinajstić information content (AvgIpc) is 2.66. The number of hydrogen-bond acceptors (Lipinski definition) is 6. The maximum atomic E-state index is 13.9. The van der Waals surface area contributed by atoms with Crippen LogP contribution in [-0.2, 0) is 19.7 Å². The molecule has 2 rings (SSSR count). The van der Waals surface area contributed by atoms with E-state index in [0.29, 0.717) is 0 Å². The number of amides is 1. The maximum Gasteiger partial charge on any atom is 1.00 e. The van der Waals surface area contributed by atoms with Gasteiger partial charge in [-0.15, -0.1) is 0 Å². The number of likely N-dealkylation sites (tertiary alicyclic amines) is 1. The Bertz CT molecular complexity index is 940. The van der Waals surface area contributed by atoms with E-state index in [-0.39, 0.29) is 60.6 Å². The fraction of sp³-hybridized carbons (Fsp3) is 0.556. The molecule has 1 aliphatic heterocycles. The summed E-state index contributed by atoms with van der Waals surface area (Å²) in [6, 6.07) is 0.418. The second-order valence-electron chi connectivity index (χ2n) is 7.26. The molecule has 32 heavy (non-hydrogen) atoms. The van der Waals surface area contributed by atoms with Crippen molar-refractivity contribution in [2.24, 2.45) is 0 Å². The van der Waals surface area contributed by atoms with Crippen LogP contribution in [0.2, 0.25) is 0 Å². The van der Waals surface area contributed by atoms with Crippen molar-refractivity contribution in [2.45, 2.75) is 56.5 Å². The van der Waals surface area contributed by atoms with Crippen LogP contribution in [0.5, 0.6) is 5.75 Å². The molecule has 1 aliphatic rings. The van der Waals surface area contributed by atoms with Crippen molar-refractivity contribution in [3.8, 4) is 5.75 Å². The SMILES string of the molecule is CC1CCCC(C)N1CC(=O)NCCC(=O)Oc1c(F)c(F)c(S(=O)(=O)O)c(F)c1F.[Na+]. The molecule has 1 aromatic rings. The summed E-state index contributed by atoms with van der Waals surface area (Å²) < 4.78 is 89.9. The first-order valence-electron chi connectivity index (χ1n) is 9.41. The van der Waals surface area contributed by atoms with Gasteiger partial charge in [-0.2, -0.15) is 17.2 Å². The Labute approximate surface area is 204 Å². The molecular weight excluding hydrogens is 471 g/mol. The third-order valence-electron chi connectivity index (χ3n) is 5.01. The molecule has 1 saturated heterocycles. The summed E-state index contributed by atoms with van der Waals surface area (Å²) in [5.41, 5.74) is 0. The summed E-state index contributed by atoms with van der Waals surface area (Å²) in [5, 5.41) is 2.44. The summed E-state index contributed by atoms with van der Waals surface area (Å²) in [7, 11) is -5.62. The van der Waals surface area contributed by atoms with Crippen molar-refractivity contribution in [1.29, 1.82) is 0 Å². The standard InChI is InChI=1S/C18H22F4N2O6S.Na/c1-9-4-3-5-10(2)24(9)8-11(25)23-7-6-12(26)30-17-13(19)15(21)18(31(27,28)29)16(22)14(17)20;/h9-10H,3-8H2,1-2H3,(H,23,25)(H,27,28,29);/q;+1. The van der Waals surface area contributed by atoms with Gasteiger partial charge in [0.2, 0.25) is 23.3 Å². The topological polar surface area (TPSA) is 113 Å². The summed E-state index contributed by atoms with van der Waals surface area (Å²) in [6.45, 7) is 3.81. The van der Waals surface area contributed by atoms with E-state index in [1.165, 1.54) is 0 Å². The Morgan fingerprint density at radius 3 is 2.03 bits per heavy atom. The molecule has 2 atom stereocenters. The summed E-state index contributed by atoms with van der Waals surface area (Å²) >= 11 is 0. The molecule has 2 unspecified atom stereocenters. The number of benzene rings is 1. The van der Waals surface area contributed by atoms with Crippen molar-refractivity contribution >= 4 is 22.0 Å². The molecule has 0 aromatic heterocycles. The minimum Gasteiger partial charge on any atom is -0.420 e. The normalized spacial score (nSPS) is 19.2. The predicted molar refractivity (Wildman–Crippen MR) is 98.8 cm³/mol. The molecule has 0 bridgehead atoms. The van der Waals surface area contributed by atoms with E-state index in [2.05, 4.69) is 10.1 Å². The molecule has 1 aromatic carbocycles. The zero-order valence-electron chi connectivity index (χ0n) is 17.8. The Morgan fingerprint density at radius 2 is 1.56 bits per heavy atom. The van der Waals surface area contributed by atoms with Crippen molar-refractivity contribution in [2.75, 3.05) is 13.1 Å². The van der Waals surface area contributed by atoms with Crippen LogP contribution in [0.4, 0.5) is 17.6 Å². The fourth-order valence-corrected chi connectivity index (χ4v) is 4.02. The van der Waals surface area contributed by atoms with Gasteiger partial charge < -0.3 is 10.1 Å². The number of nitrogens with zero attached hydrogens (tertiary/aromatic N) is 1. The van der Waals surface area contributed by atoms with Gasteiger partial charge in [0, 0.05) is 18.6 Å². The van der Waals surface area contributed by atoms with E-state index in [0.717, 1.165) is 19.3 Å². The number of hydrogen-bond donors (Lipinski definition) is 2. The largest absolute Gasteiger partial charge is 1.00 e. The van der Waals surface area contributed by atoms with Crippen LogP contribution in [-0.4, -0.2) is 54.9 Å². The van der Waals surface area contributed by atoms with Crippen LogP contribution in [0.15, 0.2) is 4.90 Å². The van der Waals surface area contributed by atoms with E-state index in [9.17, 15) is 35.6 Å². The van der Waals surface area contributed by atoms with Gasteiger partial charge in [0.25, 0.3) is 0 Å². The molecule has 14 heteroatoms. The molecule has 0 saturated carbocycles. The Morgan fingerprint density at radius 1 is 1.06 bits per heavy atom. The van der Waals surface area contributed by atoms with Crippen molar-refractivity contribution < 1.29 is 74.4 Å². The molecular formula is C18H22F4N2NaO6S+. The van der Waals surface area contributed by atoms with E-state index < -0.39 is 56.4 Å². The zero-order chi connectivity index (χ0) is 23.5. The van der Waals surface area contributed by atoms with Crippen LogP contribution < -0.4 is 39.6 Å². The molecule has 1 fully saturated rings. The molecule has 8 nitrogen and oxygen atoms in total. The second kappa shape index (κ2) is 11.7. The first-order chi connectivity index (χ1) is 14.3. The first kappa shape index (κ1) is 28.8. The molecule has 2 N–H and O–H groups in total. The molecule has 0 spiro atoms. The van der Waals surface area contributed by atoms with Gasteiger partial charge in [-0.25, -0.2) is 8.78 Å². The summed E-state index contributed by atoms with van der Waals surface area (Å²) in [5.74, 6) is -13.0. The number of esters is 1. The first-order valence-corrected chi connectivity index (χ1v) is 10.8. The smallest absolute Gasteiger partial charge is 0.420 e. The molecule has 174 valence electrons. The van der Waals surface area contributed by atoms with Crippen LogP contribution in [0.25, 0.3) is 0 Å². The minimum atomic E-state index is -5.62. The van der Waals surface area contributed by atoms with Gasteiger partial charge in [0.1, 0.15) is 0 Å². The monoisotopic (exact) mass is 493 g/mol. The number of carbonyl (C=O) groups excluding carboxylic acids is 2. The van der Waals surface area contributed by atoms with E-state index in [1.54, 1.807) is 0 Å². The van der Waals surface area contributed by atoms with E-state index in [1.807, 2.05) is 18.7 Å². The van der Waals surface area contributed by atoms with Crippen molar-refractivity contribution in [3.05, 3.63) is 23.3 Å². The summed E-state index contributed by atoms with van der Waals surface area (Å²) in [6.07, 6.45) is 2.37. The van der Waals surface area contributed by atoms with Crippen molar-refractivity contribution in [1.82, 2.24) is 10.2 Å². The van der Waals surface area contributed by atoms with Gasteiger partial charge in [-0.3, -0.25) is 19.0 Å². The number of carbonyl (C=O) groups is 2. The zero-order valence-corrected chi connectivity index (χ0v) is 20.6. The van der Waals surface area contributed by atoms with Gasteiger partial charge in [0.15, 0.2) is 16.5 Å². The number of ether oxygens (including phenoxy) is 1. The Kier molecular flexibility index (Phi) is 10.6. The Balaban J connectivity index is 0.00000512. The third-order valence-corrected chi connectivity index (χ3v) is 5.88. The van der Waals surface area contributed by atoms with Gasteiger partial charge in [0.05, 0.1) is 13.0 Å². The Hall–Kier alpha value is -1.25. The number of nitrogens with one attached hydrogen (secondary N) is 1. The van der Waals surface area contributed by atoms with Crippen LogP contribution in [0.1, 0.15) is 39.5 Å². The quantitative estimate of drug-likeness (QED) is 0.127. The minimum absolute atomic E-state index is 0. The molecule has 0 radical (unpaired) electrons. The maximum absolute atomic E-state index is 13.9. The second-order valence-corrected chi connectivity index (χ2v) is 8.62. The number of rotatable bonds is 7. The average molecular weight is 493 g/mol. The molecule has 1 amide bonds. The number of piperidine rings is 1. The van der Waals surface area contributed by atoms with Crippen molar-refractivity contribution in [3.63, 3.8) is 0 Å². The van der Waals surface area contributed by atoms with Crippen LogP contribution >= 0.6 is 0 Å². The van der Waals surface area contributed by atoms with Gasteiger partial charge in [-0.05, 0) is 26.7 Å². The third kappa shape index (κ3) is 6.87. The number of halogens is 4. The predicted octanol–water partition coefficient (Wildman–Crippen LogP) is -0.832. The van der Waals surface area contributed by atoms with Crippen LogP contribution in [0.3, 0.4) is 0 Å². The van der Waals surface area contributed by atoms with E-state index >= 15 is 0 Å². The summed E-state index contributed by atoms with van der Waals surface area (Å²) in [4.78, 5) is 23.6. The fourth-order valence-electron chi connectivity index (χ4n) is 3.38. The van der Waals surface area contributed by atoms with Gasteiger partial charge >= 0.3 is 45.6 Å².